The summed E-state index contributed by atoms with van der Waals surface area (Å²) in [4.78, 5) is 32.5. The first kappa shape index (κ1) is 18.1. The van der Waals surface area contributed by atoms with Crippen molar-refractivity contribution < 1.29 is 19.1 Å². The van der Waals surface area contributed by atoms with Crippen molar-refractivity contribution in [3.8, 4) is 11.5 Å². The van der Waals surface area contributed by atoms with Gasteiger partial charge in [0.1, 0.15) is 0 Å². The SMILES string of the molecule is CN(C)C(=O)N1CCc2c(cncc2C(=O)NCc2ccc3c(c2)OCO3)C1. The summed E-state index contributed by atoms with van der Waals surface area (Å²) in [5.74, 6) is 1.23. The van der Waals surface area contributed by atoms with Crippen LogP contribution in [0, 0.1) is 0 Å². The van der Waals surface area contributed by atoms with Crippen molar-refractivity contribution >= 4 is 11.9 Å². The molecule has 0 atom stereocenters. The van der Waals surface area contributed by atoms with Gasteiger partial charge < -0.3 is 24.6 Å². The molecule has 0 aliphatic carbocycles. The van der Waals surface area contributed by atoms with Gasteiger partial charge in [0, 0.05) is 46.1 Å². The summed E-state index contributed by atoms with van der Waals surface area (Å²) < 4.78 is 10.7. The Morgan fingerprint density at radius 3 is 2.86 bits per heavy atom. The first-order chi connectivity index (χ1) is 13.5. The zero-order valence-electron chi connectivity index (χ0n) is 15.9. The van der Waals surface area contributed by atoms with Gasteiger partial charge in [0.15, 0.2) is 11.5 Å². The molecule has 2 aliphatic rings. The van der Waals surface area contributed by atoms with Crippen molar-refractivity contribution in [1.82, 2.24) is 20.1 Å². The van der Waals surface area contributed by atoms with E-state index in [1.165, 1.54) is 0 Å². The van der Waals surface area contributed by atoms with Gasteiger partial charge in [-0.1, -0.05) is 6.07 Å². The van der Waals surface area contributed by atoms with Gasteiger partial charge in [0.2, 0.25) is 6.79 Å². The minimum Gasteiger partial charge on any atom is -0.454 e. The minimum absolute atomic E-state index is 0.0386. The van der Waals surface area contributed by atoms with Gasteiger partial charge in [-0.3, -0.25) is 9.78 Å². The highest BCUT2D eigenvalue weighted by atomic mass is 16.7. The number of rotatable bonds is 3. The Labute approximate surface area is 163 Å². The Kier molecular flexibility index (Phi) is 4.77. The highest BCUT2D eigenvalue weighted by Gasteiger charge is 2.25. The van der Waals surface area contributed by atoms with E-state index >= 15 is 0 Å². The summed E-state index contributed by atoms with van der Waals surface area (Å²) in [5.41, 5.74) is 3.37. The fraction of sp³-hybridized carbons (Fsp3) is 0.350. The predicted molar refractivity (Wildman–Crippen MR) is 101 cm³/mol. The van der Waals surface area contributed by atoms with E-state index in [2.05, 4.69) is 10.3 Å². The number of fused-ring (bicyclic) bond motifs is 2. The number of ether oxygens (including phenoxy) is 2. The molecule has 28 heavy (non-hydrogen) atoms. The summed E-state index contributed by atoms with van der Waals surface area (Å²) in [7, 11) is 3.46. The molecule has 1 aromatic heterocycles. The summed E-state index contributed by atoms with van der Waals surface area (Å²) in [6, 6.07) is 5.57. The lowest BCUT2D eigenvalue weighted by atomic mass is 9.97. The van der Waals surface area contributed by atoms with Gasteiger partial charge in [-0.05, 0) is 35.2 Å². The largest absolute Gasteiger partial charge is 0.454 e. The molecule has 0 saturated heterocycles. The molecule has 0 bridgehead atoms. The van der Waals surface area contributed by atoms with E-state index in [0.717, 1.165) is 16.7 Å². The number of benzene rings is 1. The maximum absolute atomic E-state index is 12.8. The van der Waals surface area contributed by atoms with Crippen molar-refractivity contribution in [1.29, 1.82) is 0 Å². The number of urea groups is 1. The summed E-state index contributed by atoms with van der Waals surface area (Å²) >= 11 is 0. The highest BCUT2D eigenvalue weighted by molar-refractivity contribution is 5.95. The molecule has 3 amide bonds. The van der Waals surface area contributed by atoms with Crippen LogP contribution >= 0.6 is 0 Å². The molecule has 146 valence electrons. The van der Waals surface area contributed by atoms with Crippen molar-refractivity contribution in [2.45, 2.75) is 19.5 Å². The second-order valence-electron chi connectivity index (χ2n) is 7.04. The van der Waals surface area contributed by atoms with Crippen LogP contribution in [0.5, 0.6) is 11.5 Å². The fourth-order valence-corrected chi connectivity index (χ4v) is 3.46. The molecule has 2 aliphatic heterocycles. The lowest BCUT2D eigenvalue weighted by Gasteiger charge is -2.31. The average Bonchev–Trinajstić information content (AvgIpc) is 3.18. The van der Waals surface area contributed by atoms with Crippen molar-refractivity contribution in [3.63, 3.8) is 0 Å². The van der Waals surface area contributed by atoms with Crippen LogP contribution in [0.15, 0.2) is 30.6 Å². The lowest BCUT2D eigenvalue weighted by Crippen LogP contribution is -2.42. The second-order valence-corrected chi connectivity index (χ2v) is 7.04. The molecule has 8 heteroatoms. The Hall–Kier alpha value is -3.29. The number of pyridine rings is 1. The third-order valence-corrected chi connectivity index (χ3v) is 4.93. The van der Waals surface area contributed by atoms with E-state index in [-0.39, 0.29) is 18.7 Å². The van der Waals surface area contributed by atoms with Crippen LogP contribution < -0.4 is 14.8 Å². The molecule has 0 saturated carbocycles. The number of nitrogens with zero attached hydrogens (tertiary/aromatic N) is 3. The van der Waals surface area contributed by atoms with Crippen LogP contribution in [-0.2, 0) is 19.5 Å². The minimum atomic E-state index is -0.172. The molecule has 0 unspecified atom stereocenters. The second kappa shape index (κ2) is 7.38. The number of nitrogens with one attached hydrogen (secondary N) is 1. The fourth-order valence-electron chi connectivity index (χ4n) is 3.46. The maximum atomic E-state index is 12.8. The predicted octanol–water partition coefficient (Wildman–Crippen LogP) is 1.78. The molecule has 2 aromatic rings. The number of carbonyl (C=O) groups excluding carboxylic acids is 2. The molecule has 4 rings (SSSR count). The van der Waals surface area contributed by atoms with Crippen LogP contribution in [-0.4, -0.2) is 54.2 Å². The highest BCUT2D eigenvalue weighted by Crippen LogP contribution is 2.32. The maximum Gasteiger partial charge on any atom is 0.319 e. The molecule has 8 nitrogen and oxygen atoms in total. The van der Waals surface area contributed by atoms with Crippen molar-refractivity contribution in [3.05, 3.63) is 52.8 Å². The van der Waals surface area contributed by atoms with Crippen LogP contribution in [0.3, 0.4) is 0 Å². The molecule has 1 N–H and O–H groups in total. The van der Waals surface area contributed by atoms with Gasteiger partial charge in [-0.2, -0.15) is 0 Å². The van der Waals surface area contributed by atoms with E-state index < -0.39 is 0 Å². The zero-order valence-corrected chi connectivity index (χ0v) is 15.9. The topological polar surface area (TPSA) is 84.0 Å². The number of hydrogen-bond donors (Lipinski definition) is 1. The standard InChI is InChI=1S/C20H22N4O4/c1-23(2)20(26)24-6-5-15-14(11-24)9-21-10-16(15)19(25)22-8-13-3-4-17-18(7-13)28-12-27-17/h3-4,7,9-10H,5-6,8,11-12H2,1-2H3,(H,22,25). The number of hydrogen-bond acceptors (Lipinski definition) is 5. The van der Waals surface area contributed by atoms with E-state index in [1.54, 1.807) is 36.3 Å². The monoisotopic (exact) mass is 382 g/mol. The Bertz CT molecular complexity index is 928. The third-order valence-electron chi connectivity index (χ3n) is 4.93. The van der Waals surface area contributed by atoms with Crippen LogP contribution in [0.1, 0.15) is 27.0 Å². The molecular weight excluding hydrogens is 360 g/mol. The smallest absolute Gasteiger partial charge is 0.319 e. The zero-order chi connectivity index (χ0) is 19.7. The molecule has 0 fully saturated rings. The first-order valence-electron chi connectivity index (χ1n) is 9.11. The van der Waals surface area contributed by atoms with Crippen LogP contribution in [0.25, 0.3) is 0 Å². The van der Waals surface area contributed by atoms with Gasteiger partial charge in [0.05, 0.1) is 5.56 Å². The van der Waals surface area contributed by atoms with Crippen LogP contribution in [0.2, 0.25) is 0 Å². The van der Waals surface area contributed by atoms with Gasteiger partial charge >= 0.3 is 6.03 Å². The molecule has 0 radical (unpaired) electrons. The van der Waals surface area contributed by atoms with E-state index in [1.807, 2.05) is 18.2 Å². The van der Waals surface area contributed by atoms with E-state index in [4.69, 9.17) is 9.47 Å². The molecule has 3 heterocycles. The third kappa shape index (κ3) is 3.45. The average molecular weight is 382 g/mol. The Morgan fingerprint density at radius 2 is 2.04 bits per heavy atom. The van der Waals surface area contributed by atoms with E-state index in [0.29, 0.717) is 43.1 Å². The number of carbonyl (C=O) groups is 2. The molecule has 0 spiro atoms. The molecule has 1 aromatic carbocycles. The Morgan fingerprint density at radius 1 is 1.21 bits per heavy atom. The van der Waals surface area contributed by atoms with Gasteiger partial charge in [0.25, 0.3) is 5.91 Å². The summed E-state index contributed by atoms with van der Waals surface area (Å²) in [6.07, 6.45) is 3.96. The van der Waals surface area contributed by atoms with Gasteiger partial charge in [-0.15, -0.1) is 0 Å². The lowest BCUT2D eigenvalue weighted by molar-refractivity contribution is 0.0948. The van der Waals surface area contributed by atoms with Crippen molar-refractivity contribution in [2.75, 3.05) is 27.4 Å². The van der Waals surface area contributed by atoms with E-state index in [9.17, 15) is 9.59 Å². The Balaban J connectivity index is 1.46. The first-order valence-corrected chi connectivity index (χ1v) is 9.11. The summed E-state index contributed by atoms with van der Waals surface area (Å²) in [6.45, 7) is 1.64. The van der Waals surface area contributed by atoms with Crippen molar-refractivity contribution in [2.24, 2.45) is 0 Å². The quantitative estimate of drug-likeness (QED) is 0.875. The normalized spacial score (nSPS) is 14.4. The molecular formula is C20H22N4O4. The summed E-state index contributed by atoms with van der Waals surface area (Å²) in [5, 5.41) is 2.94. The number of amides is 3. The van der Waals surface area contributed by atoms with Gasteiger partial charge in [-0.25, -0.2) is 4.79 Å². The number of aromatic nitrogens is 1. The van der Waals surface area contributed by atoms with Crippen LogP contribution in [0.4, 0.5) is 4.79 Å².